The first-order chi connectivity index (χ1) is 9.69. The largest absolute Gasteiger partial charge is 0.480 e. The van der Waals surface area contributed by atoms with Crippen molar-refractivity contribution in [2.24, 2.45) is 0 Å². The third-order valence-corrected chi connectivity index (χ3v) is 2.54. The molecule has 0 atom stereocenters. The van der Waals surface area contributed by atoms with Crippen molar-refractivity contribution in [1.29, 1.82) is 0 Å². The maximum atomic E-state index is 12.0. The van der Waals surface area contributed by atoms with Gasteiger partial charge in [-0.1, -0.05) is 17.7 Å². The maximum absolute atomic E-state index is 12.0. The maximum Gasteiger partial charge on any atom is 0.401 e. The van der Waals surface area contributed by atoms with Gasteiger partial charge in [-0.05, 0) is 19.1 Å². The first-order valence-corrected chi connectivity index (χ1v) is 6.05. The Kier molecular flexibility index (Phi) is 5.71. The summed E-state index contributed by atoms with van der Waals surface area (Å²) in [7, 11) is 0. The summed E-state index contributed by atoms with van der Waals surface area (Å²) in [6.45, 7) is -0.707. The van der Waals surface area contributed by atoms with E-state index in [1.165, 1.54) is 0 Å². The van der Waals surface area contributed by atoms with Crippen molar-refractivity contribution in [2.45, 2.75) is 13.1 Å². The summed E-state index contributed by atoms with van der Waals surface area (Å²) in [5.74, 6) is -2.00. The first kappa shape index (κ1) is 17.0. The molecule has 0 unspecified atom stereocenters. The van der Waals surface area contributed by atoms with Gasteiger partial charge in [0, 0.05) is 5.69 Å². The monoisotopic (exact) mass is 304 g/mol. The van der Waals surface area contributed by atoms with E-state index in [9.17, 15) is 22.8 Å². The van der Waals surface area contributed by atoms with Crippen molar-refractivity contribution >= 4 is 17.6 Å². The Labute approximate surface area is 119 Å². The molecule has 0 fully saturated rings. The number of nitrogens with one attached hydrogen (secondary N) is 1. The minimum absolute atomic E-state index is 0.321. The summed E-state index contributed by atoms with van der Waals surface area (Å²) in [5, 5.41) is 10.8. The number of hydrogen-bond donors (Lipinski definition) is 2. The highest BCUT2D eigenvalue weighted by Gasteiger charge is 2.27. The molecule has 1 aromatic carbocycles. The summed E-state index contributed by atoms with van der Waals surface area (Å²) >= 11 is 0. The number of carboxylic acids is 1. The van der Waals surface area contributed by atoms with Crippen LogP contribution in [0.1, 0.15) is 5.56 Å². The van der Waals surface area contributed by atoms with Crippen molar-refractivity contribution in [3.8, 4) is 0 Å². The Morgan fingerprint density at radius 3 is 2.29 bits per heavy atom. The van der Waals surface area contributed by atoms with Gasteiger partial charge in [0.1, 0.15) is 6.54 Å². The van der Waals surface area contributed by atoms with Crippen molar-refractivity contribution in [3.63, 3.8) is 0 Å². The van der Waals surface area contributed by atoms with Gasteiger partial charge in [-0.2, -0.15) is 13.2 Å². The molecule has 0 radical (unpaired) electrons. The van der Waals surface area contributed by atoms with Gasteiger partial charge in [0.2, 0.25) is 5.91 Å². The molecular weight excluding hydrogens is 289 g/mol. The topological polar surface area (TPSA) is 69.6 Å². The summed E-state index contributed by atoms with van der Waals surface area (Å²) < 4.78 is 36.0. The molecule has 0 aliphatic carbocycles. The van der Waals surface area contributed by atoms with Crippen LogP contribution in [-0.4, -0.2) is 42.8 Å². The molecule has 0 bridgehead atoms. The molecule has 0 spiro atoms. The normalized spacial score (nSPS) is 11.2. The third-order valence-electron chi connectivity index (χ3n) is 2.54. The second-order valence-corrected chi connectivity index (χ2v) is 4.43. The fourth-order valence-corrected chi connectivity index (χ4v) is 1.59. The Balaban J connectivity index is 2.75. The lowest BCUT2D eigenvalue weighted by molar-refractivity contribution is -0.137. The molecule has 8 heteroatoms. The molecule has 0 aliphatic heterocycles. The Morgan fingerprint density at radius 1 is 1.24 bits per heavy atom. The van der Waals surface area contributed by atoms with Crippen LogP contribution in [0, 0.1) is 6.92 Å². The second-order valence-electron chi connectivity index (χ2n) is 4.43. The zero-order valence-corrected chi connectivity index (χ0v) is 11.3. The van der Waals surface area contributed by atoms with E-state index in [0.29, 0.717) is 5.69 Å². The molecule has 1 rings (SSSR count). The number of rotatable bonds is 6. The van der Waals surface area contributed by atoms with Crippen LogP contribution in [0.2, 0.25) is 0 Å². The number of hydrogen-bond acceptors (Lipinski definition) is 3. The van der Waals surface area contributed by atoms with Gasteiger partial charge in [0.15, 0.2) is 0 Å². The van der Waals surface area contributed by atoms with E-state index < -0.39 is 37.7 Å². The van der Waals surface area contributed by atoms with Crippen LogP contribution in [0.3, 0.4) is 0 Å². The number of nitrogens with zero attached hydrogens (tertiary/aromatic N) is 1. The van der Waals surface area contributed by atoms with Crippen LogP contribution in [0.5, 0.6) is 0 Å². The van der Waals surface area contributed by atoms with Crippen LogP contribution in [-0.2, 0) is 9.59 Å². The quantitative estimate of drug-likeness (QED) is 0.837. The molecule has 2 N–H and O–H groups in total. The molecule has 5 nitrogen and oxygen atoms in total. The van der Waals surface area contributed by atoms with Crippen LogP contribution < -0.4 is 10.2 Å². The van der Waals surface area contributed by atoms with Crippen LogP contribution in [0.25, 0.3) is 0 Å². The molecule has 0 aromatic heterocycles. The van der Waals surface area contributed by atoms with Gasteiger partial charge in [0.25, 0.3) is 0 Å². The Bertz CT molecular complexity index is 500. The van der Waals surface area contributed by atoms with E-state index in [1.807, 2.05) is 12.2 Å². The summed E-state index contributed by atoms with van der Waals surface area (Å²) in [5.41, 5.74) is 1.23. The lowest BCUT2D eigenvalue weighted by atomic mass is 10.2. The lowest BCUT2D eigenvalue weighted by Crippen LogP contribution is -2.43. The zero-order chi connectivity index (χ0) is 16.0. The molecule has 0 heterocycles. The fourth-order valence-electron chi connectivity index (χ4n) is 1.59. The summed E-state index contributed by atoms with van der Waals surface area (Å²) in [6, 6.07) is 6.45. The smallest absolute Gasteiger partial charge is 0.401 e. The molecule has 116 valence electrons. The van der Waals surface area contributed by atoms with E-state index in [0.717, 1.165) is 10.5 Å². The number of halogens is 3. The van der Waals surface area contributed by atoms with Crippen LogP contribution in [0.15, 0.2) is 24.3 Å². The molecule has 1 aromatic rings. The van der Waals surface area contributed by atoms with Crippen molar-refractivity contribution in [3.05, 3.63) is 29.8 Å². The van der Waals surface area contributed by atoms with E-state index >= 15 is 0 Å². The van der Waals surface area contributed by atoms with E-state index in [2.05, 4.69) is 0 Å². The number of benzene rings is 1. The number of anilines is 1. The third kappa shape index (κ3) is 6.26. The summed E-state index contributed by atoms with van der Waals surface area (Å²) in [6.07, 6.45) is -4.43. The van der Waals surface area contributed by atoms with Gasteiger partial charge >= 0.3 is 12.1 Å². The van der Waals surface area contributed by atoms with E-state index in [1.54, 1.807) is 24.3 Å². The second kappa shape index (κ2) is 7.07. The molecule has 1 amide bonds. The number of carbonyl (C=O) groups excluding carboxylic acids is 1. The first-order valence-electron chi connectivity index (χ1n) is 6.05. The van der Waals surface area contributed by atoms with Crippen LogP contribution in [0.4, 0.5) is 18.9 Å². The number of aryl methyl sites for hydroxylation is 1. The number of carbonyl (C=O) groups is 2. The standard InChI is InChI=1S/C13H15F3N2O3/c1-9-2-4-10(5-3-9)18(7-12(20)21)11(19)6-17-8-13(14,15)16/h2-5,17H,6-8H2,1H3,(H,20,21). The van der Waals surface area contributed by atoms with Gasteiger partial charge < -0.3 is 15.3 Å². The number of aliphatic carboxylic acids is 1. The highest BCUT2D eigenvalue weighted by atomic mass is 19.4. The number of amides is 1. The van der Waals surface area contributed by atoms with Crippen molar-refractivity contribution in [2.75, 3.05) is 24.5 Å². The fraction of sp³-hybridized carbons (Fsp3) is 0.385. The molecular formula is C13H15F3N2O3. The Morgan fingerprint density at radius 2 is 1.81 bits per heavy atom. The lowest BCUT2D eigenvalue weighted by Gasteiger charge is -2.21. The predicted octanol–water partition coefficient (Wildman–Crippen LogP) is 1.56. The molecule has 0 saturated carbocycles. The average Bonchev–Trinajstić information content (AvgIpc) is 2.35. The van der Waals surface area contributed by atoms with Gasteiger partial charge in [0.05, 0.1) is 13.1 Å². The highest BCUT2D eigenvalue weighted by molar-refractivity contribution is 5.98. The minimum atomic E-state index is -4.43. The number of carboxylic acid groups (broad SMARTS) is 1. The molecule has 0 saturated heterocycles. The van der Waals surface area contributed by atoms with E-state index in [4.69, 9.17) is 5.11 Å². The van der Waals surface area contributed by atoms with Crippen molar-refractivity contribution < 1.29 is 27.9 Å². The minimum Gasteiger partial charge on any atom is -0.480 e. The zero-order valence-electron chi connectivity index (χ0n) is 11.3. The van der Waals surface area contributed by atoms with Crippen molar-refractivity contribution in [1.82, 2.24) is 5.32 Å². The SMILES string of the molecule is Cc1ccc(N(CC(=O)O)C(=O)CNCC(F)(F)F)cc1. The van der Waals surface area contributed by atoms with Gasteiger partial charge in [-0.25, -0.2) is 0 Å². The molecule has 0 aliphatic rings. The Hall–Kier alpha value is -2.09. The highest BCUT2D eigenvalue weighted by Crippen LogP contribution is 2.15. The van der Waals surface area contributed by atoms with Gasteiger partial charge in [-0.15, -0.1) is 0 Å². The van der Waals surface area contributed by atoms with Gasteiger partial charge in [-0.3, -0.25) is 9.59 Å². The van der Waals surface area contributed by atoms with E-state index in [-0.39, 0.29) is 0 Å². The predicted molar refractivity (Wildman–Crippen MR) is 70.1 cm³/mol. The van der Waals surface area contributed by atoms with Crippen LogP contribution >= 0.6 is 0 Å². The number of alkyl halides is 3. The molecule has 21 heavy (non-hydrogen) atoms. The summed E-state index contributed by atoms with van der Waals surface area (Å²) in [4.78, 5) is 23.6. The average molecular weight is 304 g/mol.